The molecule has 0 spiro atoms. The van der Waals surface area contributed by atoms with Crippen LogP contribution in [0.5, 0.6) is 0 Å². The van der Waals surface area contributed by atoms with Crippen molar-refractivity contribution in [2.75, 3.05) is 12.4 Å². The van der Waals surface area contributed by atoms with Gasteiger partial charge in [0.15, 0.2) is 0 Å². The molecular formula is C9H9NO5S. The number of aliphatic carboxylic acids is 1. The highest BCUT2D eigenvalue weighted by Crippen LogP contribution is 2.39. The Bertz CT molecular complexity index is 391. The molecule has 1 amide bonds. The van der Waals surface area contributed by atoms with E-state index in [1.165, 1.54) is 16.7 Å². The van der Waals surface area contributed by atoms with Crippen LogP contribution in [0.3, 0.4) is 0 Å². The molecule has 6 nitrogen and oxygen atoms in total. The number of rotatable bonds is 4. The van der Waals surface area contributed by atoms with Gasteiger partial charge in [-0.15, -0.1) is 11.8 Å². The molecule has 2 heterocycles. The van der Waals surface area contributed by atoms with Gasteiger partial charge >= 0.3 is 5.97 Å². The summed E-state index contributed by atoms with van der Waals surface area (Å²) in [6.07, 6.45) is 0.378. The zero-order valence-corrected chi connectivity index (χ0v) is 9.03. The van der Waals surface area contributed by atoms with Crippen LogP contribution in [-0.4, -0.2) is 46.1 Å². The van der Waals surface area contributed by atoms with Gasteiger partial charge in [-0.3, -0.25) is 14.5 Å². The van der Waals surface area contributed by atoms with Gasteiger partial charge in [0, 0.05) is 11.3 Å². The number of carboxylic acids is 1. The average molecular weight is 243 g/mol. The van der Waals surface area contributed by atoms with Gasteiger partial charge in [0.25, 0.3) is 6.47 Å². The lowest BCUT2D eigenvalue weighted by Crippen LogP contribution is -2.54. The van der Waals surface area contributed by atoms with E-state index in [1.807, 2.05) is 0 Å². The van der Waals surface area contributed by atoms with Crippen molar-refractivity contribution in [3.05, 3.63) is 11.3 Å². The number of carbonyl (C=O) groups excluding carboxylic acids is 2. The molecule has 0 bridgehead atoms. The third kappa shape index (κ3) is 1.67. The van der Waals surface area contributed by atoms with Crippen molar-refractivity contribution >= 4 is 30.1 Å². The van der Waals surface area contributed by atoms with Crippen LogP contribution in [-0.2, 0) is 19.1 Å². The molecule has 1 fully saturated rings. The number of hydrogen-bond acceptors (Lipinski definition) is 5. The fourth-order valence-electron chi connectivity index (χ4n) is 1.72. The minimum Gasteiger partial charge on any atom is -0.477 e. The van der Waals surface area contributed by atoms with E-state index in [9.17, 15) is 14.4 Å². The molecule has 0 aromatic rings. The summed E-state index contributed by atoms with van der Waals surface area (Å²) in [4.78, 5) is 33.7. The van der Waals surface area contributed by atoms with Crippen LogP contribution in [0, 0.1) is 0 Å². The van der Waals surface area contributed by atoms with Gasteiger partial charge < -0.3 is 9.84 Å². The molecule has 1 N–H and O–H groups in total. The summed E-state index contributed by atoms with van der Waals surface area (Å²) in [7, 11) is 0. The van der Waals surface area contributed by atoms with Crippen LogP contribution in [0.2, 0.25) is 0 Å². The lowest BCUT2D eigenvalue weighted by molar-refractivity contribution is -0.146. The molecule has 1 unspecified atom stereocenters. The summed E-state index contributed by atoms with van der Waals surface area (Å²) < 4.78 is 4.54. The quantitative estimate of drug-likeness (QED) is 0.544. The van der Waals surface area contributed by atoms with E-state index in [-0.39, 0.29) is 30.1 Å². The molecule has 1 saturated heterocycles. The highest BCUT2D eigenvalue weighted by molar-refractivity contribution is 8.00. The Morgan fingerprint density at radius 2 is 2.44 bits per heavy atom. The van der Waals surface area contributed by atoms with Gasteiger partial charge in [0.05, 0.1) is 11.8 Å². The van der Waals surface area contributed by atoms with Crippen LogP contribution < -0.4 is 0 Å². The minimum absolute atomic E-state index is 0.0261. The van der Waals surface area contributed by atoms with E-state index in [0.29, 0.717) is 17.7 Å². The van der Waals surface area contributed by atoms with Gasteiger partial charge in [-0.05, 0) is 0 Å². The Balaban J connectivity index is 2.27. The third-order valence-corrected chi connectivity index (χ3v) is 3.74. The Kier molecular flexibility index (Phi) is 2.86. The number of amides is 1. The second-order valence-corrected chi connectivity index (χ2v) is 4.56. The van der Waals surface area contributed by atoms with Gasteiger partial charge in [0.2, 0.25) is 5.91 Å². The molecule has 2 rings (SSSR count). The maximum Gasteiger partial charge on any atom is 0.352 e. The van der Waals surface area contributed by atoms with E-state index in [4.69, 9.17) is 5.11 Å². The predicted octanol–water partition coefficient (Wildman–Crippen LogP) is -0.197. The van der Waals surface area contributed by atoms with Gasteiger partial charge in [-0.25, -0.2) is 4.79 Å². The summed E-state index contributed by atoms with van der Waals surface area (Å²) in [5.41, 5.74) is 0.441. The van der Waals surface area contributed by atoms with Crippen molar-refractivity contribution in [1.82, 2.24) is 4.90 Å². The summed E-state index contributed by atoms with van der Waals surface area (Å²) >= 11 is 1.48. The van der Waals surface area contributed by atoms with Crippen LogP contribution in [0.1, 0.15) is 6.42 Å². The number of fused-ring (bicyclic) bond motifs is 1. The molecule has 0 aliphatic carbocycles. The maximum absolute atomic E-state index is 11.3. The fraction of sp³-hybridized carbons (Fsp3) is 0.444. The topological polar surface area (TPSA) is 83.9 Å². The summed E-state index contributed by atoms with van der Waals surface area (Å²) in [6.45, 7) is 0.190. The lowest BCUT2D eigenvalue weighted by Gasteiger charge is -2.43. The van der Waals surface area contributed by atoms with E-state index in [0.717, 1.165) is 0 Å². The van der Waals surface area contributed by atoms with Crippen molar-refractivity contribution in [1.29, 1.82) is 0 Å². The Morgan fingerprint density at radius 1 is 1.69 bits per heavy atom. The number of carboxylic acid groups (broad SMARTS) is 1. The van der Waals surface area contributed by atoms with Gasteiger partial charge in [-0.2, -0.15) is 0 Å². The number of thioether (sulfide) groups is 1. The van der Waals surface area contributed by atoms with Gasteiger partial charge in [-0.1, -0.05) is 0 Å². The number of β-lactam (4-membered cyclic amide) rings is 1. The zero-order valence-electron chi connectivity index (χ0n) is 8.21. The molecule has 0 radical (unpaired) electrons. The van der Waals surface area contributed by atoms with Crippen molar-refractivity contribution in [2.24, 2.45) is 0 Å². The van der Waals surface area contributed by atoms with E-state index >= 15 is 0 Å². The highest BCUT2D eigenvalue weighted by Gasteiger charge is 2.45. The number of ether oxygens (including phenoxy) is 1. The lowest BCUT2D eigenvalue weighted by atomic mass is 10.1. The maximum atomic E-state index is 11.3. The van der Waals surface area contributed by atoms with Gasteiger partial charge in [0.1, 0.15) is 12.3 Å². The van der Waals surface area contributed by atoms with Crippen LogP contribution in [0.4, 0.5) is 0 Å². The fourth-order valence-corrected chi connectivity index (χ4v) is 2.97. The number of carbonyl (C=O) groups is 3. The van der Waals surface area contributed by atoms with Crippen LogP contribution >= 0.6 is 11.8 Å². The zero-order chi connectivity index (χ0) is 11.7. The Labute approximate surface area is 95.2 Å². The third-order valence-electron chi connectivity index (χ3n) is 2.46. The van der Waals surface area contributed by atoms with Crippen LogP contribution in [0.15, 0.2) is 11.3 Å². The first-order valence-electron chi connectivity index (χ1n) is 4.59. The first kappa shape index (κ1) is 11.0. The number of hydrogen-bond donors (Lipinski definition) is 1. The van der Waals surface area contributed by atoms with E-state index in [2.05, 4.69) is 4.74 Å². The smallest absolute Gasteiger partial charge is 0.352 e. The SMILES string of the molecule is O=COCC1=C(C(=O)O)N2C(=O)CC2SC1. The van der Waals surface area contributed by atoms with Crippen molar-refractivity contribution in [3.8, 4) is 0 Å². The Hall–Kier alpha value is -1.50. The van der Waals surface area contributed by atoms with Crippen LogP contribution in [0.25, 0.3) is 0 Å². The summed E-state index contributed by atoms with van der Waals surface area (Å²) in [5, 5.41) is 8.97. The summed E-state index contributed by atoms with van der Waals surface area (Å²) in [6, 6.07) is 0. The predicted molar refractivity (Wildman–Crippen MR) is 54.4 cm³/mol. The molecule has 7 heteroatoms. The average Bonchev–Trinajstić information content (AvgIpc) is 2.24. The standard InChI is InChI=1S/C9H9NO5S/c11-4-15-2-5-3-16-7-1-6(12)10(7)8(5)9(13)14/h4,7H,1-3H2,(H,13,14). The monoisotopic (exact) mass is 243 g/mol. The first-order valence-corrected chi connectivity index (χ1v) is 5.64. The molecule has 0 aromatic heterocycles. The molecule has 86 valence electrons. The second-order valence-electron chi connectivity index (χ2n) is 3.40. The molecule has 2 aliphatic heterocycles. The second kappa shape index (κ2) is 4.17. The van der Waals surface area contributed by atoms with Crippen molar-refractivity contribution in [3.63, 3.8) is 0 Å². The molecule has 0 saturated carbocycles. The molecule has 2 aliphatic rings. The Morgan fingerprint density at radius 3 is 3.00 bits per heavy atom. The molecule has 0 aromatic carbocycles. The first-order chi connectivity index (χ1) is 7.65. The normalized spacial score (nSPS) is 23.6. The minimum atomic E-state index is -1.15. The number of nitrogens with zero attached hydrogens (tertiary/aromatic N) is 1. The highest BCUT2D eigenvalue weighted by atomic mass is 32.2. The largest absolute Gasteiger partial charge is 0.477 e. The summed E-state index contributed by atoms with van der Waals surface area (Å²) in [5.74, 6) is -0.870. The van der Waals surface area contributed by atoms with E-state index < -0.39 is 5.97 Å². The van der Waals surface area contributed by atoms with E-state index in [1.54, 1.807) is 0 Å². The molecular weight excluding hydrogens is 234 g/mol. The van der Waals surface area contributed by atoms with Crippen molar-refractivity contribution in [2.45, 2.75) is 11.8 Å². The molecule has 16 heavy (non-hydrogen) atoms. The van der Waals surface area contributed by atoms with Crippen molar-refractivity contribution < 1.29 is 24.2 Å². The molecule has 1 atom stereocenters.